The average molecular weight is 329 g/mol. The SMILES string of the molecule is Cc1cnc2cnc(C3CCNC(c4ccccc4)C3)[nH]c1-2.Cl. The molecule has 23 heavy (non-hydrogen) atoms. The Balaban J connectivity index is 0.00000156. The molecular formula is C18H21ClN4. The standard InChI is InChI=1S/C18H20N4.ClH/c1-12-10-20-16-11-21-18(22-17(12)16)14-7-8-19-15(9-14)13-5-3-2-4-6-13;/h2-6,10-11,14-15,19H,7-9H2,1H3,(H,21,22);1H. The Hall–Kier alpha value is -1.91. The number of H-pyrrole nitrogens is 1. The number of rotatable bonds is 2. The molecule has 3 aliphatic rings. The Morgan fingerprint density at radius 1 is 1.09 bits per heavy atom. The number of aryl methyl sites for hydroxylation is 1. The number of hydrogen-bond donors (Lipinski definition) is 2. The third-order valence-corrected chi connectivity index (χ3v) is 4.62. The van der Waals surface area contributed by atoms with Crippen LogP contribution in [0.2, 0.25) is 0 Å². The number of aromatic nitrogens is 3. The van der Waals surface area contributed by atoms with Gasteiger partial charge in [-0.05, 0) is 37.4 Å². The monoisotopic (exact) mass is 328 g/mol. The van der Waals surface area contributed by atoms with Crippen molar-refractivity contribution >= 4 is 12.4 Å². The fraction of sp³-hybridized carbons (Fsp3) is 0.333. The molecule has 3 heterocycles. The van der Waals surface area contributed by atoms with Crippen LogP contribution in [0, 0.1) is 6.92 Å². The highest BCUT2D eigenvalue weighted by Gasteiger charge is 2.26. The van der Waals surface area contributed by atoms with Crippen molar-refractivity contribution in [3.63, 3.8) is 0 Å². The molecule has 1 saturated heterocycles. The predicted octanol–water partition coefficient (Wildman–Crippen LogP) is 3.85. The van der Waals surface area contributed by atoms with E-state index in [0.717, 1.165) is 36.6 Å². The highest BCUT2D eigenvalue weighted by atomic mass is 35.5. The second-order valence-electron chi connectivity index (χ2n) is 6.11. The van der Waals surface area contributed by atoms with Crippen molar-refractivity contribution in [2.24, 2.45) is 0 Å². The van der Waals surface area contributed by atoms with E-state index in [1.807, 2.05) is 12.4 Å². The Labute approximate surface area is 142 Å². The van der Waals surface area contributed by atoms with Crippen LogP contribution in [0.25, 0.3) is 11.4 Å². The van der Waals surface area contributed by atoms with Crippen LogP contribution in [0.1, 0.15) is 41.8 Å². The summed E-state index contributed by atoms with van der Waals surface area (Å²) in [6, 6.07) is 11.1. The second kappa shape index (κ2) is 6.69. The summed E-state index contributed by atoms with van der Waals surface area (Å²) in [6.07, 6.45) is 5.99. The molecule has 1 fully saturated rings. The van der Waals surface area contributed by atoms with Crippen molar-refractivity contribution in [2.75, 3.05) is 6.54 Å². The topological polar surface area (TPSA) is 53.6 Å². The van der Waals surface area contributed by atoms with Crippen LogP contribution in [-0.2, 0) is 0 Å². The number of fused-ring (bicyclic) bond motifs is 1. The molecule has 5 heteroatoms. The summed E-state index contributed by atoms with van der Waals surface area (Å²) in [4.78, 5) is 12.5. The fourth-order valence-corrected chi connectivity index (χ4v) is 3.36. The molecule has 1 aromatic carbocycles. The number of nitrogens with zero attached hydrogens (tertiary/aromatic N) is 2. The van der Waals surface area contributed by atoms with Crippen LogP contribution >= 0.6 is 12.4 Å². The zero-order valence-electron chi connectivity index (χ0n) is 13.1. The van der Waals surface area contributed by atoms with Gasteiger partial charge in [-0.25, -0.2) is 4.98 Å². The molecule has 0 aromatic heterocycles. The van der Waals surface area contributed by atoms with Gasteiger partial charge in [0, 0.05) is 18.2 Å². The first-order valence-electron chi connectivity index (χ1n) is 7.90. The number of aromatic amines is 1. The van der Waals surface area contributed by atoms with Gasteiger partial charge in [0.15, 0.2) is 0 Å². The summed E-state index contributed by atoms with van der Waals surface area (Å²) in [5, 5.41) is 3.62. The van der Waals surface area contributed by atoms with Crippen LogP contribution < -0.4 is 5.32 Å². The zero-order valence-corrected chi connectivity index (χ0v) is 13.9. The van der Waals surface area contributed by atoms with Crippen molar-refractivity contribution in [3.8, 4) is 11.4 Å². The van der Waals surface area contributed by atoms with Crippen molar-refractivity contribution in [3.05, 3.63) is 59.7 Å². The molecule has 0 bridgehead atoms. The maximum absolute atomic E-state index is 4.63. The van der Waals surface area contributed by atoms with E-state index < -0.39 is 0 Å². The first-order chi connectivity index (χ1) is 10.8. The second-order valence-corrected chi connectivity index (χ2v) is 6.11. The van der Waals surface area contributed by atoms with Gasteiger partial charge in [0.2, 0.25) is 0 Å². The van der Waals surface area contributed by atoms with Crippen LogP contribution in [0.4, 0.5) is 0 Å². The summed E-state index contributed by atoms with van der Waals surface area (Å²) in [7, 11) is 0. The van der Waals surface area contributed by atoms with Gasteiger partial charge in [-0.3, -0.25) is 4.98 Å². The van der Waals surface area contributed by atoms with E-state index in [4.69, 9.17) is 0 Å². The molecule has 0 spiro atoms. The minimum absolute atomic E-state index is 0. The molecule has 0 saturated carbocycles. The van der Waals surface area contributed by atoms with Crippen molar-refractivity contribution in [1.29, 1.82) is 0 Å². The van der Waals surface area contributed by atoms with Gasteiger partial charge in [-0.15, -0.1) is 12.4 Å². The molecule has 1 aromatic rings. The summed E-state index contributed by atoms with van der Waals surface area (Å²) < 4.78 is 0. The van der Waals surface area contributed by atoms with Crippen LogP contribution in [0.15, 0.2) is 42.7 Å². The lowest BCUT2D eigenvalue weighted by atomic mass is 9.88. The number of nitrogens with one attached hydrogen (secondary N) is 2. The lowest BCUT2D eigenvalue weighted by Gasteiger charge is -2.30. The number of halogens is 1. The molecule has 2 N–H and O–H groups in total. The van der Waals surface area contributed by atoms with Crippen LogP contribution in [0.5, 0.6) is 0 Å². The first kappa shape index (κ1) is 16.0. The molecule has 2 atom stereocenters. The zero-order chi connectivity index (χ0) is 14.9. The molecule has 0 amide bonds. The predicted molar refractivity (Wildman–Crippen MR) is 94.2 cm³/mol. The molecule has 0 aliphatic carbocycles. The molecule has 4 rings (SSSR count). The molecule has 4 nitrogen and oxygen atoms in total. The minimum atomic E-state index is 0. The number of piperidine rings is 1. The normalized spacial score (nSPS) is 21.1. The van der Waals surface area contributed by atoms with E-state index in [0.29, 0.717) is 12.0 Å². The smallest absolute Gasteiger partial charge is 0.109 e. The van der Waals surface area contributed by atoms with Gasteiger partial charge in [0.05, 0.1) is 11.9 Å². The first-order valence-corrected chi connectivity index (χ1v) is 7.90. The third kappa shape index (κ3) is 3.09. The Morgan fingerprint density at radius 2 is 1.91 bits per heavy atom. The highest BCUT2D eigenvalue weighted by molar-refractivity contribution is 5.85. The van der Waals surface area contributed by atoms with Gasteiger partial charge >= 0.3 is 0 Å². The lowest BCUT2D eigenvalue weighted by Crippen LogP contribution is -2.31. The minimum Gasteiger partial charge on any atom is -0.341 e. The van der Waals surface area contributed by atoms with E-state index in [2.05, 4.69) is 57.5 Å². The van der Waals surface area contributed by atoms with Gasteiger partial charge in [-0.1, -0.05) is 30.3 Å². The van der Waals surface area contributed by atoms with Crippen molar-refractivity contribution < 1.29 is 0 Å². The Kier molecular flexibility index (Phi) is 4.64. The van der Waals surface area contributed by atoms with Crippen LogP contribution in [-0.4, -0.2) is 21.5 Å². The Morgan fingerprint density at radius 3 is 2.74 bits per heavy atom. The number of benzene rings is 1. The molecule has 3 aliphatic heterocycles. The number of hydrogen-bond acceptors (Lipinski definition) is 3. The van der Waals surface area contributed by atoms with Crippen molar-refractivity contribution in [2.45, 2.75) is 31.7 Å². The molecular weight excluding hydrogens is 308 g/mol. The lowest BCUT2D eigenvalue weighted by molar-refractivity contribution is 0.360. The summed E-state index contributed by atoms with van der Waals surface area (Å²) in [6.45, 7) is 3.11. The van der Waals surface area contributed by atoms with E-state index in [-0.39, 0.29) is 12.4 Å². The Bertz CT molecular complexity index is 740. The molecule has 0 radical (unpaired) electrons. The maximum Gasteiger partial charge on any atom is 0.109 e. The summed E-state index contributed by atoms with van der Waals surface area (Å²) in [5.74, 6) is 1.55. The van der Waals surface area contributed by atoms with E-state index in [1.165, 1.54) is 11.1 Å². The molecule has 2 unspecified atom stereocenters. The van der Waals surface area contributed by atoms with Gasteiger partial charge in [-0.2, -0.15) is 0 Å². The third-order valence-electron chi connectivity index (χ3n) is 4.62. The maximum atomic E-state index is 4.63. The van der Waals surface area contributed by atoms with Gasteiger partial charge in [0.1, 0.15) is 11.5 Å². The van der Waals surface area contributed by atoms with Gasteiger partial charge < -0.3 is 10.3 Å². The van der Waals surface area contributed by atoms with Crippen LogP contribution in [0.3, 0.4) is 0 Å². The largest absolute Gasteiger partial charge is 0.341 e. The fourth-order valence-electron chi connectivity index (χ4n) is 3.36. The highest BCUT2D eigenvalue weighted by Crippen LogP contribution is 2.34. The average Bonchev–Trinajstić information content (AvgIpc) is 2.96. The van der Waals surface area contributed by atoms with Gasteiger partial charge in [0.25, 0.3) is 0 Å². The summed E-state index contributed by atoms with van der Waals surface area (Å²) in [5.41, 5.74) is 4.63. The van der Waals surface area contributed by atoms with E-state index >= 15 is 0 Å². The molecule has 120 valence electrons. The summed E-state index contributed by atoms with van der Waals surface area (Å²) >= 11 is 0. The van der Waals surface area contributed by atoms with E-state index in [9.17, 15) is 0 Å². The quantitative estimate of drug-likeness (QED) is 0.751. The van der Waals surface area contributed by atoms with Crippen molar-refractivity contribution in [1.82, 2.24) is 20.3 Å². The van der Waals surface area contributed by atoms with E-state index in [1.54, 1.807) is 0 Å².